The lowest BCUT2D eigenvalue weighted by Gasteiger charge is -2.09. The normalized spacial score (nSPS) is 16.9. The van der Waals surface area contributed by atoms with Gasteiger partial charge < -0.3 is 9.84 Å². The van der Waals surface area contributed by atoms with Crippen molar-refractivity contribution in [2.24, 2.45) is 0 Å². The highest BCUT2D eigenvalue weighted by molar-refractivity contribution is 9.13. The third-order valence-corrected chi connectivity index (χ3v) is 5.29. The van der Waals surface area contributed by atoms with E-state index in [2.05, 4.69) is 37.2 Å². The number of imide groups is 1. The van der Waals surface area contributed by atoms with E-state index in [1.807, 2.05) is 0 Å². The van der Waals surface area contributed by atoms with Gasteiger partial charge in [0.15, 0.2) is 11.5 Å². The number of aromatic hydroxyl groups is 1. The molecule has 2 rings (SSSR count). The molecule has 1 saturated heterocycles. The number of thioether (sulfide) groups is 1. The quantitative estimate of drug-likeness (QED) is 0.734. The summed E-state index contributed by atoms with van der Waals surface area (Å²) in [6, 6.07) is 1.56. The molecular formula is C11H7Br2NO4S. The number of amides is 2. The average molecular weight is 409 g/mol. The molecule has 0 saturated carbocycles. The van der Waals surface area contributed by atoms with Crippen LogP contribution in [0.4, 0.5) is 4.79 Å². The summed E-state index contributed by atoms with van der Waals surface area (Å²) in [6.07, 6.45) is 1.54. The van der Waals surface area contributed by atoms with Crippen LogP contribution in [-0.4, -0.2) is 23.4 Å². The van der Waals surface area contributed by atoms with Crippen LogP contribution in [0.5, 0.6) is 11.5 Å². The Morgan fingerprint density at radius 3 is 2.58 bits per heavy atom. The molecule has 1 aliphatic heterocycles. The van der Waals surface area contributed by atoms with Gasteiger partial charge in [0.2, 0.25) is 0 Å². The minimum Gasteiger partial charge on any atom is -0.503 e. The van der Waals surface area contributed by atoms with Crippen molar-refractivity contribution in [3.05, 3.63) is 25.5 Å². The van der Waals surface area contributed by atoms with Crippen LogP contribution >= 0.6 is 43.6 Å². The van der Waals surface area contributed by atoms with E-state index in [0.29, 0.717) is 14.5 Å². The molecule has 100 valence electrons. The molecule has 1 aromatic carbocycles. The number of phenolic OH excluding ortho intramolecular Hbond substituents is 1. The number of hydrogen-bond acceptors (Lipinski definition) is 5. The minimum absolute atomic E-state index is 0.0453. The number of halogens is 2. The predicted octanol–water partition coefficient (Wildman–Crippen LogP) is 3.25. The number of phenols is 1. The van der Waals surface area contributed by atoms with E-state index in [1.54, 1.807) is 12.1 Å². The summed E-state index contributed by atoms with van der Waals surface area (Å²) >= 11 is 7.34. The first-order valence-corrected chi connectivity index (χ1v) is 7.34. The van der Waals surface area contributed by atoms with Gasteiger partial charge in [-0.1, -0.05) is 0 Å². The molecule has 8 heteroatoms. The Hall–Kier alpha value is -0.990. The molecule has 1 fully saturated rings. The van der Waals surface area contributed by atoms with E-state index < -0.39 is 11.1 Å². The van der Waals surface area contributed by atoms with Gasteiger partial charge in [0.05, 0.1) is 16.5 Å². The highest BCUT2D eigenvalue weighted by Crippen LogP contribution is 2.43. The summed E-state index contributed by atoms with van der Waals surface area (Å²) in [6.45, 7) is 0. The molecule has 1 aliphatic rings. The van der Waals surface area contributed by atoms with E-state index >= 15 is 0 Å². The van der Waals surface area contributed by atoms with Crippen molar-refractivity contribution in [2.75, 3.05) is 7.11 Å². The Balaban J connectivity index is 2.52. The van der Waals surface area contributed by atoms with Crippen molar-refractivity contribution in [1.29, 1.82) is 0 Å². The van der Waals surface area contributed by atoms with Crippen molar-refractivity contribution in [3.63, 3.8) is 0 Å². The molecule has 0 radical (unpaired) electrons. The van der Waals surface area contributed by atoms with Crippen LogP contribution in [0, 0.1) is 0 Å². The second kappa shape index (κ2) is 5.56. The van der Waals surface area contributed by atoms with Crippen LogP contribution in [0.2, 0.25) is 0 Å². The van der Waals surface area contributed by atoms with Gasteiger partial charge in [-0.3, -0.25) is 14.9 Å². The van der Waals surface area contributed by atoms with Crippen molar-refractivity contribution in [2.45, 2.75) is 0 Å². The fourth-order valence-corrected chi connectivity index (χ4v) is 2.95. The van der Waals surface area contributed by atoms with Gasteiger partial charge in [-0.05, 0) is 61.3 Å². The Morgan fingerprint density at radius 1 is 1.37 bits per heavy atom. The number of hydrogen-bond donors (Lipinski definition) is 2. The number of rotatable bonds is 2. The van der Waals surface area contributed by atoms with Crippen LogP contribution in [0.1, 0.15) is 5.56 Å². The second-order valence-electron chi connectivity index (χ2n) is 3.50. The predicted molar refractivity (Wildman–Crippen MR) is 79.2 cm³/mol. The number of benzene rings is 1. The van der Waals surface area contributed by atoms with Crippen LogP contribution in [0.25, 0.3) is 6.08 Å². The third-order valence-electron chi connectivity index (χ3n) is 2.32. The van der Waals surface area contributed by atoms with E-state index in [4.69, 9.17) is 4.74 Å². The van der Waals surface area contributed by atoms with Crippen molar-refractivity contribution in [3.8, 4) is 11.5 Å². The maximum absolute atomic E-state index is 11.5. The Kier molecular flexibility index (Phi) is 4.22. The van der Waals surface area contributed by atoms with Crippen molar-refractivity contribution >= 4 is 60.8 Å². The first-order chi connectivity index (χ1) is 8.93. The largest absolute Gasteiger partial charge is 0.503 e. The molecule has 0 atom stereocenters. The molecule has 1 heterocycles. The van der Waals surface area contributed by atoms with Gasteiger partial charge in [0.25, 0.3) is 11.1 Å². The Labute approximate surface area is 129 Å². The van der Waals surface area contributed by atoms with Gasteiger partial charge in [0.1, 0.15) is 0 Å². The molecule has 19 heavy (non-hydrogen) atoms. The zero-order chi connectivity index (χ0) is 14.2. The Bertz CT molecular complexity index is 615. The first kappa shape index (κ1) is 14.4. The molecule has 2 N–H and O–H groups in total. The third kappa shape index (κ3) is 2.80. The van der Waals surface area contributed by atoms with E-state index in [1.165, 1.54) is 7.11 Å². The van der Waals surface area contributed by atoms with Gasteiger partial charge in [-0.15, -0.1) is 0 Å². The summed E-state index contributed by atoms with van der Waals surface area (Å²) in [5.41, 5.74) is 0.605. The standard InChI is InChI=1S/C11H7Br2NO4S/c1-18-5-2-4(7(12)8(13)9(5)15)3-6-10(16)14-11(17)19-6/h2-3,15H,1H3,(H,14,16,17)/b6-3+. The molecular weight excluding hydrogens is 402 g/mol. The fraction of sp³-hybridized carbons (Fsp3) is 0.0909. The summed E-state index contributed by atoms with van der Waals surface area (Å²) in [4.78, 5) is 22.8. The van der Waals surface area contributed by atoms with Gasteiger partial charge >= 0.3 is 0 Å². The first-order valence-electron chi connectivity index (χ1n) is 4.94. The van der Waals surface area contributed by atoms with Gasteiger partial charge in [0, 0.05) is 4.47 Å². The lowest BCUT2D eigenvalue weighted by Crippen LogP contribution is -2.17. The molecule has 0 aliphatic carbocycles. The number of nitrogens with one attached hydrogen (secondary N) is 1. The summed E-state index contributed by atoms with van der Waals surface area (Å²) in [5.74, 6) is -0.224. The monoisotopic (exact) mass is 407 g/mol. The second-order valence-corrected chi connectivity index (χ2v) is 6.10. The lowest BCUT2D eigenvalue weighted by atomic mass is 10.2. The molecule has 0 aromatic heterocycles. The average Bonchev–Trinajstić information content (AvgIpc) is 2.68. The van der Waals surface area contributed by atoms with Crippen LogP contribution < -0.4 is 10.1 Å². The molecule has 5 nitrogen and oxygen atoms in total. The zero-order valence-corrected chi connectivity index (χ0v) is 13.5. The van der Waals surface area contributed by atoms with E-state index in [0.717, 1.165) is 11.8 Å². The minimum atomic E-state index is -0.440. The molecule has 0 unspecified atom stereocenters. The fourth-order valence-electron chi connectivity index (χ4n) is 1.43. The molecule has 0 bridgehead atoms. The molecule has 0 spiro atoms. The summed E-state index contributed by atoms with van der Waals surface area (Å²) in [5, 5.41) is 11.6. The van der Waals surface area contributed by atoms with Crippen LogP contribution in [0.15, 0.2) is 19.9 Å². The molecule has 1 aromatic rings. The number of carbonyl (C=O) groups is 2. The summed E-state index contributed by atoms with van der Waals surface area (Å²) < 4.78 is 6.00. The SMILES string of the molecule is COc1cc(/C=C2/SC(=O)NC2=O)c(Br)c(Br)c1O. The number of ether oxygens (including phenoxy) is 1. The summed E-state index contributed by atoms with van der Waals surface area (Å²) in [7, 11) is 1.42. The highest BCUT2D eigenvalue weighted by atomic mass is 79.9. The smallest absolute Gasteiger partial charge is 0.290 e. The van der Waals surface area contributed by atoms with Crippen LogP contribution in [0.3, 0.4) is 0 Å². The van der Waals surface area contributed by atoms with E-state index in [-0.39, 0.29) is 16.4 Å². The van der Waals surface area contributed by atoms with Crippen molar-refractivity contribution in [1.82, 2.24) is 5.32 Å². The van der Waals surface area contributed by atoms with Gasteiger partial charge in [-0.25, -0.2) is 0 Å². The van der Waals surface area contributed by atoms with Gasteiger partial charge in [-0.2, -0.15) is 0 Å². The number of carbonyl (C=O) groups excluding carboxylic acids is 2. The number of methoxy groups -OCH3 is 1. The van der Waals surface area contributed by atoms with Crippen molar-refractivity contribution < 1.29 is 19.4 Å². The highest BCUT2D eigenvalue weighted by Gasteiger charge is 2.26. The maximum Gasteiger partial charge on any atom is 0.290 e. The zero-order valence-electron chi connectivity index (χ0n) is 9.49. The Morgan fingerprint density at radius 2 is 2.05 bits per heavy atom. The van der Waals surface area contributed by atoms with Crippen LogP contribution in [-0.2, 0) is 4.79 Å². The van der Waals surface area contributed by atoms with E-state index in [9.17, 15) is 14.7 Å². The topological polar surface area (TPSA) is 75.6 Å². The molecule has 2 amide bonds. The maximum atomic E-state index is 11.5. The lowest BCUT2D eigenvalue weighted by molar-refractivity contribution is -0.115.